The summed E-state index contributed by atoms with van der Waals surface area (Å²) in [5.41, 5.74) is 1.34. The van der Waals surface area contributed by atoms with Gasteiger partial charge in [0, 0.05) is 22.2 Å². The maximum absolute atomic E-state index is 2.81. The van der Waals surface area contributed by atoms with Crippen molar-refractivity contribution >= 4 is 37.4 Å². The van der Waals surface area contributed by atoms with Crippen LogP contribution in [0, 0.1) is 0 Å². The first-order valence-electron chi connectivity index (χ1n) is 12.0. The van der Waals surface area contributed by atoms with Gasteiger partial charge < -0.3 is 0 Å². The van der Waals surface area contributed by atoms with Crippen LogP contribution >= 0.6 is 16.1 Å². The highest BCUT2D eigenvalue weighted by Gasteiger charge is 2.35. The minimum absolute atomic E-state index is 0.217. The second-order valence-electron chi connectivity index (χ2n) is 8.37. The molecule has 3 heteroatoms. The van der Waals surface area contributed by atoms with Crippen LogP contribution in [0.1, 0.15) is 18.5 Å². The molecule has 172 valence electrons. The number of hydrogen-bond donors (Lipinski definition) is 0. The molecule has 0 fully saturated rings. The highest BCUT2D eigenvalue weighted by atomic mass is 31.2. The summed E-state index contributed by atoms with van der Waals surface area (Å²) < 4.78 is 2.81. The van der Waals surface area contributed by atoms with Gasteiger partial charge in [0.25, 0.3) is 0 Å². The Labute approximate surface area is 211 Å². The van der Waals surface area contributed by atoms with Gasteiger partial charge in [0.1, 0.15) is 0 Å². The third kappa shape index (κ3) is 5.44. The Morgan fingerprint density at radius 1 is 0.400 bits per heavy atom. The first kappa shape index (κ1) is 23.7. The highest BCUT2D eigenvalue weighted by Crippen LogP contribution is 2.59. The van der Waals surface area contributed by atoms with E-state index in [0.717, 1.165) is 0 Å². The first-order chi connectivity index (χ1) is 17.3. The van der Waals surface area contributed by atoms with Crippen molar-refractivity contribution in [1.82, 2.24) is 4.44 Å². The lowest BCUT2D eigenvalue weighted by atomic mass is 10.1. The van der Waals surface area contributed by atoms with Gasteiger partial charge in [-0.05, 0) is 33.7 Å². The van der Waals surface area contributed by atoms with Crippen LogP contribution in [-0.2, 0) is 0 Å². The van der Waals surface area contributed by atoms with E-state index in [-0.39, 0.29) is 6.04 Å². The largest absolute Gasteiger partial charge is 0.237 e. The van der Waals surface area contributed by atoms with Gasteiger partial charge in [-0.25, -0.2) is 4.44 Å². The van der Waals surface area contributed by atoms with Gasteiger partial charge in [0.15, 0.2) is 0 Å². The summed E-state index contributed by atoms with van der Waals surface area (Å²) >= 11 is 0. The van der Waals surface area contributed by atoms with E-state index in [2.05, 4.69) is 163 Å². The fourth-order valence-corrected chi connectivity index (χ4v) is 10.6. The Morgan fingerprint density at radius 2 is 0.657 bits per heavy atom. The first-order valence-corrected chi connectivity index (χ1v) is 14.6. The van der Waals surface area contributed by atoms with Crippen molar-refractivity contribution in [1.29, 1.82) is 0 Å². The smallest absolute Gasteiger partial charge is 0.0408 e. The van der Waals surface area contributed by atoms with Crippen LogP contribution in [0.4, 0.5) is 0 Å². The molecular formula is C32H29NP2. The third-order valence-electron chi connectivity index (χ3n) is 6.04. The standard InChI is InChI=1S/C32H29NP2/c1-27(28-17-7-2-8-18-28)33(34(29-19-9-3-10-20-29)30-21-11-4-12-22-30)35(31-23-13-5-14-24-31)32-25-15-6-16-26-32/h2-27H,1H3/t27-/m0/s1. The molecule has 0 N–H and O–H groups in total. The van der Waals surface area contributed by atoms with E-state index in [1.165, 1.54) is 26.8 Å². The molecule has 0 aliphatic heterocycles. The summed E-state index contributed by atoms with van der Waals surface area (Å²) in [6.07, 6.45) is 0. The van der Waals surface area contributed by atoms with Crippen molar-refractivity contribution in [3.8, 4) is 0 Å². The van der Waals surface area contributed by atoms with E-state index in [4.69, 9.17) is 0 Å². The molecule has 0 radical (unpaired) electrons. The third-order valence-corrected chi connectivity index (χ3v) is 11.8. The van der Waals surface area contributed by atoms with E-state index < -0.39 is 16.1 Å². The Morgan fingerprint density at radius 3 is 0.943 bits per heavy atom. The van der Waals surface area contributed by atoms with Crippen LogP contribution in [0.25, 0.3) is 0 Å². The number of benzene rings is 5. The van der Waals surface area contributed by atoms with Crippen molar-refractivity contribution in [2.75, 3.05) is 0 Å². The molecule has 1 atom stereocenters. The summed E-state index contributed by atoms with van der Waals surface area (Å²) in [6.45, 7) is 2.37. The van der Waals surface area contributed by atoms with E-state index in [9.17, 15) is 0 Å². The Hall–Kier alpha value is -3.08. The van der Waals surface area contributed by atoms with Crippen molar-refractivity contribution in [3.63, 3.8) is 0 Å². The topological polar surface area (TPSA) is 3.24 Å². The molecule has 5 aromatic carbocycles. The molecule has 5 rings (SSSR count). The molecule has 0 amide bonds. The van der Waals surface area contributed by atoms with Crippen molar-refractivity contribution in [2.45, 2.75) is 13.0 Å². The molecule has 0 saturated heterocycles. The second-order valence-corrected chi connectivity index (χ2v) is 12.9. The minimum atomic E-state index is -0.802. The number of hydrogen-bond acceptors (Lipinski definition) is 1. The van der Waals surface area contributed by atoms with Gasteiger partial charge in [-0.15, -0.1) is 0 Å². The Balaban J connectivity index is 1.77. The van der Waals surface area contributed by atoms with Crippen molar-refractivity contribution in [2.24, 2.45) is 0 Å². The molecule has 0 aliphatic rings. The van der Waals surface area contributed by atoms with Crippen molar-refractivity contribution in [3.05, 3.63) is 157 Å². The minimum Gasteiger partial charge on any atom is -0.237 e. The fraction of sp³-hybridized carbons (Fsp3) is 0.0625. The fourth-order valence-electron chi connectivity index (χ4n) is 4.35. The van der Waals surface area contributed by atoms with Gasteiger partial charge in [0.05, 0.1) is 0 Å². The predicted molar refractivity (Wildman–Crippen MR) is 155 cm³/mol. The Bertz CT molecular complexity index is 1130. The van der Waals surface area contributed by atoms with Crippen LogP contribution in [0.2, 0.25) is 0 Å². The van der Waals surface area contributed by atoms with Crippen molar-refractivity contribution < 1.29 is 0 Å². The molecule has 0 bridgehead atoms. The number of rotatable bonds is 8. The quantitative estimate of drug-likeness (QED) is 0.209. The lowest BCUT2D eigenvalue weighted by Gasteiger charge is -2.43. The predicted octanol–water partition coefficient (Wildman–Crippen LogP) is 7.15. The average Bonchev–Trinajstić information content (AvgIpc) is 2.95. The molecule has 0 saturated carbocycles. The van der Waals surface area contributed by atoms with Crippen LogP contribution in [0.3, 0.4) is 0 Å². The molecule has 5 aromatic rings. The summed E-state index contributed by atoms with van der Waals surface area (Å²) in [4.78, 5) is 0. The molecule has 0 heterocycles. The van der Waals surface area contributed by atoms with Crippen LogP contribution in [-0.4, -0.2) is 4.44 Å². The van der Waals surface area contributed by atoms with E-state index in [1.54, 1.807) is 0 Å². The summed E-state index contributed by atoms with van der Waals surface area (Å²) in [6, 6.07) is 55.4. The molecule has 0 aromatic heterocycles. The zero-order chi connectivity index (χ0) is 23.9. The van der Waals surface area contributed by atoms with Crippen LogP contribution < -0.4 is 21.2 Å². The van der Waals surface area contributed by atoms with E-state index in [1.807, 2.05) is 0 Å². The van der Waals surface area contributed by atoms with Gasteiger partial charge >= 0.3 is 0 Å². The lowest BCUT2D eigenvalue weighted by molar-refractivity contribution is 0.566. The molecule has 0 spiro atoms. The van der Waals surface area contributed by atoms with Crippen LogP contribution in [0.5, 0.6) is 0 Å². The molecular weight excluding hydrogens is 460 g/mol. The normalized spacial score (nSPS) is 12.2. The average molecular weight is 490 g/mol. The molecule has 35 heavy (non-hydrogen) atoms. The second kappa shape index (κ2) is 11.6. The van der Waals surface area contributed by atoms with Gasteiger partial charge in [-0.2, -0.15) is 0 Å². The molecule has 1 nitrogen and oxygen atoms in total. The van der Waals surface area contributed by atoms with Crippen LogP contribution in [0.15, 0.2) is 152 Å². The summed E-state index contributed by atoms with van der Waals surface area (Å²) in [5.74, 6) is 0. The lowest BCUT2D eigenvalue weighted by Crippen LogP contribution is -2.33. The zero-order valence-electron chi connectivity index (χ0n) is 19.9. The zero-order valence-corrected chi connectivity index (χ0v) is 21.6. The van der Waals surface area contributed by atoms with Gasteiger partial charge in [-0.1, -0.05) is 152 Å². The monoisotopic (exact) mass is 489 g/mol. The maximum Gasteiger partial charge on any atom is 0.0408 e. The van der Waals surface area contributed by atoms with Gasteiger partial charge in [-0.3, -0.25) is 0 Å². The maximum atomic E-state index is 2.81. The number of nitrogens with zero attached hydrogens (tertiary/aromatic N) is 1. The SMILES string of the molecule is C[C@@H](c1ccccc1)N(P(c1ccccc1)c1ccccc1)P(c1ccccc1)c1ccccc1. The van der Waals surface area contributed by atoms with Gasteiger partial charge in [0.2, 0.25) is 0 Å². The molecule has 0 unspecified atom stereocenters. The Kier molecular flexibility index (Phi) is 7.82. The van der Waals surface area contributed by atoms with E-state index >= 15 is 0 Å². The summed E-state index contributed by atoms with van der Waals surface area (Å²) in [7, 11) is -1.60. The highest BCUT2D eigenvalue weighted by molar-refractivity contribution is 7.84. The molecule has 0 aliphatic carbocycles. The summed E-state index contributed by atoms with van der Waals surface area (Å²) in [5, 5.41) is 5.48. The van der Waals surface area contributed by atoms with E-state index in [0.29, 0.717) is 0 Å².